The van der Waals surface area contributed by atoms with Crippen molar-refractivity contribution >= 4 is 12.0 Å². The van der Waals surface area contributed by atoms with E-state index in [0.717, 1.165) is 48.3 Å². The van der Waals surface area contributed by atoms with E-state index in [1.807, 2.05) is 61.5 Å². The van der Waals surface area contributed by atoms with Crippen LogP contribution in [-0.4, -0.2) is 67.7 Å². The lowest BCUT2D eigenvalue weighted by Gasteiger charge is -2.61. The Labute approximate surface area is 225 Å². The number of carbonyl (C=O) groups excluding carboxylic acids is 1. The highest BCUT2D eigenvalue weighted by Crippen LogP contribution is 2.55. The number of aromatic amines is 1. The number of tetrazole rings is 1. The van der Waals surface area contributed by atoms with Gasteiger partial charge in [0.1, 0.15) is 0 Å². The van der Waals surface area contributed by atoms with Gasteiger partial charge in [-0.1, -0.05) is 73.2 Å². The topological polar surface area (TPSA) is 78.0 Å². The van der Waals surface area contributed by atoms with Crippen molar-refractivity contribution in [2.24, 2.45) is 11.3 Å². The standard InChI is InChI=1S/C29H31F3N6O/c1-2-21(12-19-6-4-3-5-7-19)24-13-25(24)38(27(39)29(30,31)32)23-14-28(15-23)17-37(18-28)16-20-8-10-22(11-9-20)26-33-35-36-34-26/h3-12,23-25H,2,13-18H2,1H3,(H,33,34,35,36)/b21-12+/t24-,25+/m0/s1. The highest BCUT2D eigenvalue weighted by Gasteiger charge is 2.61. The predicted octanol–water partition coefficient (Wildman–Crippen LogP) is 5.10. The Morgan fingerprint density at radius 2 is 1.85 bits per heavy atom. The summed E-state index contributed by atoms with van der Waals surface area (Å²) in [5.74, 6) is -1.07. The van der Waals surface area contributed by atoms with Crippen LogP contribution in [0.25, 0.3) is 17.5 Å². The van der Waals surface area contributed by atoms with Gasteiger partial charge in [-0.3, -0.25) is 9.69 Å². The number of halogens is 3. The fourth-order valence-electron chi connectivity index (χ4n) is 6.57. The number of rotatable bonds is 8. The van der Waals surface area contributed by atoms with Crippen molar-refractivity contribution < 1.29 is 18.0 Å². The number of amides is 1. The summed E-state index contributed by atoms with van der Waals surface area (Å²) < 4.78 is 40.9. The molecule has 1 N–H and O–H groups in total. The van der Waals surface area contributed by atoms with Crippen LogP contribution in [0.1, 0.15) is 43.7 Å². The molecule has 3 aromatic rings. The molecule has 1 saturated heterocycles. The number of carbonyl (C=O) groups is 1. The van der Waals surface area contributed by atoms with Crippen molar-refractivity contribution in [3.05, 3.63) is 71.3 Å². The minimum Gasteiger partial charge on any atom is -0.328 e. The SMILES string of the molecule is CC/C(=C\c1ccccc1)[C@@H]1C[C@H]1N(C(=O)C(F)(F)F)C1CC2(C1)CN(Cc1ccc(-c3nnn[nH]3)cc1)C2. The molecule has 1 amide bonds. The molecule has 1 spiro atoms. The normalized spacial score (nSPS) is 22.8. The molecule has 0 unspecified atom stereocenters. The molecule has 10 heteroatoms. The molecule has 1 aromatic heterocycles. The largest absolute Gasteiger partial charge is 0.471 e. The maximum absolute atomic E-state index is 13.6. The third-order valence-corrected chi connectivity index (χ3v) is 8.45. The molecule has 204 valence electrons. The first kappa shape index (κ1) is 25.7. The van der Waals surface area contributed by atoms with Crippen molar-refractivity contribution in [3.63, 3.8) is 0 Å². The number of alkyl halides is 3. The van der Waals surface area contributed by atoms with Crippen LogP contribution in [0, 0.1) is 11.3 Å². The number of aromatic nitrogens is 4. The van der Waals surface area contributed by atoms with Gasteiger partial charge in [0.15, 0.2) is 5.82 Å². The zero-order chi connectivity index (χ0) is 27.2. The van der Waals surface area contributed by atoms with Gasteiger partial charge in [-0.25, -0.2) is 5.10 Å². The fourth-order valence-corrected chi connectivity index (χ4v) is 6.57. The number of likely N-dealkylation sites (tertiary alicyclic amines) is 1. The molecule has 6 rings (SSSR count). The van der Waals surface area contributed by atoms with E-state index >= 15 is 0 Å². The summed E-state index contributed by atoms with van der Waals surface area (Å²) in [6, 6.07) is 17.1. The second-order valence-electron chi connectivity index (χ2n) is 11.3. The van der Waals surface area contributed by atoms with E-state index in [1.165, 1.54) is 4.90 Å². The molecule has 2 heterocycles. The van der Waals surface area contributed by atoms with Gasteiger partial charge in [0.25, 0.3) is 0 Å². The van der Waals surface area contributed by atoms with E-state index in [9.17, 15) is 18.0 Å². The summed E-state index contributed by atoms with van der Waals surface area (Å²) in [6.45, 7) is 4.49. The van der Waals surface area contributed by atoms with E-state index in [2.05, 4.69) is 31.6 Å². The lowest BCUT2D eigenvalue weighted by atomic mass is 9.60. The highest BCUT2D eigenvalue weighted by atomic mass is 19.4. The lowest BCUT2D eigenvalue weighted by Crippen LogP contribution is -2.67. The molecular formula is C29H31F3N6O. The number of hydrogen-bond donors (Lipinski definition) is 1. The molecular weight excluding hydrogens is 505 g/mol. The van der Waals surface area contributed by atoms with Crippen LogP contribution in [0.5, 0.6) is 0 Å². The minimum absolute atomic E-state index is 0.00773. The molecule has 3 aliphatic rings. The number of nitrogens with zero attached hydrogens (tertiary/aromatic N) is 5. The summed E-state index contributed by atoms with van der Waals surface area (Å²) in [4.78, 5) is 16.1. The van der Waals surface area contributed by atoms with E-state index in [1.54, 1.807) is 0 Å². The highest BCUT2D eigenvalue weighted by molar-refractivity contribution is 5.83. The van der Waals surface area contributed by atoms with Gasteiger partial charge < -0.3 is 4.90 Å². The van der Waals surface area contributed by atoms with Gasteiger partial charge >= 0.3 is 12.1 Å². The molecule has 2 saturated carbocycles. The molecule has 3 fully saturated rings. The number of H-pyrrole nitrogens is 1. The van der Waals surface area contributed by atoms with Gasteiger partial charge in [-0.15, -0.1) is 5.10 Å². The van der Waals surface area contributed by atoms with Crippen LogP contribution in [-0.2, 0) is 11.3 Å². The molecule has 7 nitrogen and oxygen atoms in total. The van der Waals surface area contributed by atoms with Crippen molar-refractivity contribution in [3.8, 4) is 11.4 Å². The number of hydrogen-bond acceptors (Lipinski definition) is 5. The van der Waals surface area contributed by atoms with Crippen LogP contribution in [0.4, 0.5) is 13.2 Å². The Kier molecular flexibility index (Phi) is 6.53. The average Bonchev–Trinajstić information content (AvgIpc) is 3.45. The van der Waals surface area contributed by atoms with Crippen molar-refractivity contribution in [1.29, 1.82) is 0 Å². The van der Waals surface area contributed by atoms with E-state index < -0.39 is 12.1 Å². The van der Waals surface area contributed by atoms with E-state index in [4.69, 9.17) is 0 Å². The summed E-state index contributed by atoms with van der Waals surface area (Å²) in [6.07, 6.45) is -0.160. The molecule has 2 aromatic carbocycles. The van der Waals surface area contributed by atoms with Gasteiger partial charge in [0, 0.05) is 43.2 Å². The van der Waals surface area contributed by atoms with Crippen LogP contribution in [0.2, 0.25) is 0 Å². The van der Waals surface area contributed by atoms with Crippen molar-refractivity contribution in [1.82, 2.24) is 30.4 Å². The number of benzene rings is 2. The monoisotopic (exact) mass is 536 g/mol. The van der Waals surface area contributed by atoms with Gasteiger partial charge in [-0.05, 0) is 52.7 Å². The van der Waals surface area contributed by atoms with Crippen molar-refractivity contribution in [2.45, 2.75) is 57.4 Å². The summed E-state index contributed by atoms with van der Waals surface area (Å²) in [5.41, 5.74) is 4.22. The zero-order valence-electron chi connectivity index (χ0n) is 21.7. The molecule has 2 atom stereocenters. The Morgan fingerprint density at radius 1 is 1.13 bits per heavy atom. The Morgan fingerprint density at radius 3 is 2.46 bits per heavy atom. The Bertz CT molecular complexity index is 1330. The quantitative estimate of drug-likeness (QED) is 0.433. The fraction of sp³-hybridized carbons (Fsp3) is 0.448. The first-order valence-electron chi connectivity index (χ1n) is 13.4. The minimum atomic E-state index is -4.86. The molecule has 2 aliphatic carbocycles. The van der Waals surface area contributed by atoms with Gasteiger partial charge in [0.05, 0.1) is 0 Å². The summed E-state index contributed by atoms with van der Waals surface area (Å²) >= 11 is 0. The smallest absolute Gasteiger partial charge is 0.328 e. The first-order chi connectivity index (χ1) is 18.7. The summed E-state index contributed by atoms with van der Waals surface area (Å²) in [5, 5.41) is 13.9. The maximum Gasteiger partial charge on any atom is 0.471 e. The first-order valence-corrected chi connectivity index (χ1v) is 13.4. The van der Waals surface area contributed by atoms with Crippen LogP contribution in [0.3, 0.4) is 0 Å². The average molecular weight is 537 g/mol. The number of nitrogens with one attached hydrogen (secondary N) is 1. The second kappa shape index (κ2) is 9.89. The Balaban J connectivity index is 1.07. The van der Waals surface area contributed by atoms with Crippen LogP contribution < -0.4 is 0 Å². The third-order valence-electron chi connectivity index (χ3n) is 8.45. The van der Waals surface area contributed by atoms with E-state index in [0.29, 0.717) is 25.1 Å². The van der Waals surface area contributed by atoms with Crippen molar-refractivity contribution in [2.75, 3.05) is 13.1 Å². The second-order valence-corrected chi connectivity index (χ2v) is 11.3. The van der Waals surface area contributed by atoms with Gasteiger partial charge in [-0.2, -0.15) is 13.2 Å². The van der Waals surface area contributed by atoms with Gasteiger partial charge in [0.2, 0.25) is 0 Å². The third kappa shape index (κ3) is 5.22. The molecule has 0 bridgehead atoms. The lowest BCUT2D eigenvalue weighted by molar-refractivity contribution is -0.197. The maximum atomic E-state index is 13.6. The molecule has 39 heavy (non-hydrogen) atoms. The van der Waals surface area contributed by atoms with E-state index in [-0.39, 0.29) is 23.4 Å². The van der Waals surface area contributed by atoms with Crippen LogP contribution in [0.15, 0.2) is 60.2 Å². The summed E-state index contributed by atoms with van der Waals surface area (Å²) in [7, 11) is 0. The molecule has 0 radical (unpaired) electrons. The predicted molar refractivity (Wildman–Crippen MR) is 140 cm³/mol. The zero-order valence-corrected chi connectivity index (χ0v) is 21.7. The van der Waals surface area contributed by atoms with Crippen LogP contribution >= 0.6 is 0 Å². The Hall–Kier alpha value is -3.53. The molecule has 1 aliphatic heterocycles.